The molecule has 0 radical (unpaired) electrons. The van der Waals surface area contributed by atoms with Gasteiger partial charge in [0.05, 0.1) is 11.1 Å². The number of hydrogen-bond acceptors (Lipinski definition) is 3. The smallest absolute Gasteiger partial charge is 0.255 e. The number of nitrogens with one attached hydrogen (secondary N) is 1. The van der Waals surface area contributed by atoms with Crippen LogP contribution in [0, 0.1) is 5.82 Å². The SMILES string of the molecule is CC[C@@H](N)C1(c2ccccc2F)CCC(Oc2cc3cc[nH]c(=O)c3cc2Cl)CC1. The van der Waals surface area contributed by atoms with E-state index in [9.17, 15) is 9.18 Å². The fraction of sp³-hybridized carbons (Fsp3) is 0.375. The van der Waals surface area contributed by atoms with Gasteiger partial charge < -0.3 is 15.5 Å². The molecule has 0 saturated heterocycles. The summed E-state index contributed by atoms with van der Waals surface area (Å²) in [6.45, 7) is 2.05. The highest BCUT2D eigenvalue weighted by atomic mass is 35.5. The van der Waals surface area contributed by atoms with Crippen LogP contribution in [0.4, 0.5) is 4.39 Å². The maximum atomic E-state index is 14.7. The summed E-state index contributed by atoms with van der Waals surface area (Å²) in [5, 5.41) is 1.73. The van der Waals surface area contributed by atoms with E-state index in [0.29, 0.717) is 21.7 Å². The van der Waals surface area contributed by atoms with Gasteiger partial charge in [-0.3, -0.25) is 4.79 Å². The predicted molar refractivity (Wildman–Crippen MR) is 119 cm³/mol. The molecule has 1 atom stereocenters. The van der Waals surface area contributed by atoms with Crippen molar-refractivity contribution in [3.8, 4) is 5.75 Å². The summed E-state index contributed by atoms with van der Waals surface area (Å²) in [5.41, 5.74) is 6.66. The second-order valence-electron chi connectivity index (χ2n) is 8.14. The van der Waals surface area contributed by atoms with Crippen molar-refractivity contribution in [3.05, 3.63) is 75.4 Å². The van der Waals surface area contributed by atoms with Crippen LogP contribution in [-0.2, 0) is 5.41 Å². The van der Waals surface area contributed by atoms with Crippen LogP contribution < -0.4 is 16.0 Å². The Labute approximate surface area is 180 Å². The third-order valence-corrected chi connectivity index (χ3v) is 6.80. The van der Waals surface area contributed by atoms with Gasteiger partial charge in [0, 0.05) is 23.0 Å². The molecule has 0 bridgehead atoms. The lowest BCUT2D eigenvalue weighted by atomic mass is 9.63. The standard InChI is InChI=1S/C24H26ClFN2O2/c1-2-22(27)24(18-5-3-4-6-20(18)26)10-7-16(8-11-24)30-21-13-15-9-12-28-23(29)17(15)14-19(21)25/h3-6,9,12-14,16,22H,2,7-8,10-11,27H2,1H3,(H,28,29)/t16?,22-,24?/m1/s1. The second-order valence-corrected chi connectivity index (χ2v) is 8.55. The first-order valence-electron chi connectivity index (χ1n) is 10.4. The van der Waals surface area contributed by atoms with Crippen LogP contribution in [0.2, 0.25) is 5.02 Å². The number of aromatic amines is 1. The van der Waals surface area contributed by atoms with Crippen LogP contribution in [0.3, 0.4) is 0 Å². The molecule has 158 valence electrons. The average Bonchev–Trinajstić information content (AvgIpc) is 2.75. The summed E-state index contributed by atoms with van der Waals surface area (Å²) in [6, 6.07) is 12.1. The van der Waals surface area contributed by atoms with Crippen molar-refractivity contribution >= 4 is 22.4 Å². The van der Waals surface area contributed by atoms with Gasteiger partial charge in [0.1, 0.15) is 11.6 Å². The number of benzene rings is 2. The summed E-state index contributed by atoms with van der Waals surface area (Å²) < 4.78 is 20.9. The minimum Gasteiger partial charge on any atom is -0.489 e. The monoisotopic (exact) mass is 428 g/mol. The van der Waals surface area contributed by atoms with E-state index in [1.165, 1.54) is 6.07 Å². The lowest BCUT2D eigenvalue weighted by Crippen LogP contribution is -2.49. The number of fused-ring (bicyclic) bond motifs is 1. The molecule has 2 aromatic carbocycles. The lowest BCUT2D eigenvalue weighted by Gasteiger charge is -2.44. The normalized spacial score (nSPS) is 22.7. The zero-order chi connectivity index (χ0) is 21.3. The molecule has 3 aromatic rings. The molecular weight excluding hydrogens is 403 g/mol. The highest BCUT2D eigenvalue weighted by molar-refractivity contribution is 6.32. The van der Waals surface area contributed by atoms with Crippen LogP contribution >= 0.6 is 11.6 Å². The first kappa shape index (κ1) is 20.9. The molecule has 30 heavy (non-hydrogen) atoms. The molecule has 3 N–H and O–H groups in total. The fourth-order valence-electron chi connectivity index (χ4n) is 4.78. The van der Waals surface area contributed by atoms with Crippen molar-refractivity contribution in [2.24, 2.45) is 5.73 Å². The molecular formula is C24H26ClFN2O2. The molecule has 4 rings (SSSR count). The van der Waals surface area contributed by atoms with Crippen LogP contribution in [0.25, 0.3) is 10.8 Å². The molecule has 1 aliphatic rings. The Balaban J connectivity index is 1.56. The Bertz CT molecular complexity index is 1110. The van der Waals surface area contributed by atoms with Crippen LogP contribution in [-0.4, -0.2) is 17.1 Å². The van der Waals surface area contributed by atoms with Gasteiger partial charge in [-0.25, -0.2) is 4.39 Å². The summed E-state index contributed by atoms with van der Waals surface area (Å²) in [7, 11) is 0. The van der Waals surface area contributed by atoms with Crippen molar-refractivity contribution < 1.29 is 9.13 Å². The fourth-order valence-corrected chi connectivity index (χ4v) is 4.99. The Morgan fingerprint density at radius 1 is 1.27 bits per heavy atom. The van der Waals surface area contributed by atoms with E-state index < -0.39 is 0 Å². The van der Waals surface area contributed by atoms with Crippen LogP contribution in [0.1, 0.15) is 44.6 Å². The molecule has 0 amide bonds. The molecule has 1 aromatic heterocycles. The van der Waals surface area contributed by atoms with Gasteiger partial charge in [0.2, 0.25) is 0 Å². The Morgan fingerprint density at radius 2 is 2.00 bits per heavy atom. The number of aromatic nitrogens is 1. The molecule has 1 heterocycles. The number of rotatable bonds is 5. The number of hydrogen-bond donors (Lipinski definition) is 2. The van der Waals surface area contributed by atoms with Crippen molar-refractivity contribution in [1.29, 1.82) is 0 Å². The van der Waals surface area contributed by atoms with Crippen molar-refractivity contribution in [3.63, 3.8) is 0 Å². The van der Waals surface area contributed by atoms with Crippen molar-refractivity contribution in [2.75, 3.05) is 0 Å². The van der Waals surface area contributed by atoms with E-state index >= 15 is 0 Å². The van der Waals surface area contributed by atoms with E-state index in [-0.39, 0.29) is 28.9 Å². The van der Waals surface area contributed by atoms with Gasteiger partial charge >= 0.3 is 0 Å². The van der Waals surface area contributed by atoms with E-state index in [0.717, 1.165) is 37.5 Å². The maximum absolute atomic E-state index is 14.7. The van der Waals surface area contributed by atoms with Crippen LogP contribution in [0.15, 0.2) is 53.5 Å². The van der Waals surface area contributed by atoms with Gasteiger partial charge in [-0.2, -0.15) is 0 Å². The largest absolute Gasteiger partial charge is 0.489 e. The van der Waals surface area contributed by atoms with Crippen LogP contribution in [0.5, 0.6) is 5.75 Å². The summed E-state index contributed by atoms with van der Waals surface area (Å²) in [6.07, 6.45) is 5.36. The topological polar surface area (TPSA) is 68.1 Å². The highest BCUT2D eigenvalue weighted by Gasteiger charge is 2.43. The number of halogens is 2. The zero-order valence-electron chi connectivity index (χ0n) is 17.0. The molecule has 0 unspecified atom stereocenters. The number of H-pyrrole nitrogens is 1. The number of ether oxygens (including phenoxy) is 1. The molecule has 1 aliphatic carbocycles. The Morgan fingerprint density at radius 3 is 2.70 bits per heavy atom. The summed E-state index contributed by atoms with van der Waals surface area (Å²) >= 11 is 6.39. The molecule has 1 saturated carbocycles. The first-order chi connectivity index (χ1) is 14.4. The van der Waals surface area contributed by atoms with Gasteiger partial charge in [0.15, 0.2) is 0 Å². The van der Waals surface area contributed by atoms with E-state index in [1.54, 1.807) is 18.3 Å². The third-order valence-electron chi connectivity index (χ3n) is 6.50. The molecule has 0 spiro atoms. The van der Waals surface area contributed by atoms with Gasteiger partial charge in [-0.1, -0.05) is 36.7 Å². The third kappa shape index (κ3) is 3.72. The minimum absolute atomic E-state index is 0.0362. The molecule has 4 nitrogen and oxygen atoms in total. The lowest BCUT2D eigenvalue weighted by molar-refractivity contribution is 0.102. The summed E-state index contributed by atoms with van der Waals surface area (Å²) in [5.74, 6) is 0.376. The van der Waals surface area contributed by atoms with E-state index in [4.69, 9.17) is 22.1 Å². The predicted octanol–water partition coefficient (Wildman–Crippen LogP) is 5.32. The van der Waals surface area contributed by atoms with E-state index in [2.05, 4.69) is 4.98 Å². The Kier molecular flexibility index (Phi) is 5.85. The number of nitrogens with two attached hydrogens (primary N) is 1. The van der Waals surface area contributed by atoms with Crippen molar-refractivity contribution in [2.45, 2.75) is 56.6 Å². The second kappa shape index (κ2) is 8.40. The zero-order valence-corrected chi connectivity index (χ0v) is 17.7. The quantitative estimate of drug-likeness (QED) is 0.578. The molecule has 6 heteroatoms. The highest BCUT2D eigenvalue weighted by Crippen LogP contribution is 2.44. The summed E-state index contributed by atoms with van der Waals surface area (Å²) in [4.78, 5) is 14.6. The average molecular weight is 429 g/mol. The van der Waals surface area contributed by atoms with E-state index in [1.807, 2.05) is 31.2 Å². The minimum atomic E-state index is -0.388. The number of pyridine rings is 1. The van der Waals surface area contributed by atoms with Crippen molar-refractivity contribution in [1.82, 2.24) is 4.98 Å². The molecule has 0 aliphatic heterocycles. The molecule has 1 fully saturated rings. The maximum Gasteiger partial charge on any atom is 0.255 e. The first-order valence-corrected chi connectivity index (χ1v) is 10.8. The Hall–Kier alpha value is -2.37. The van der Waals surface area contributed by atoms with Gasteiger partial charge in [-0.15, -0.1) is 0 Å². The van der Waals surface area contributed by atoms with Gasteiger partial charge in [0.25, 0.3) is 5.56 Å². The van der Waals surface area contributed by atoms with Gasteiger partial charge in [-0.05, 0) is 67.3 Å².